The van der Waals surface area contributed by atoms with Gasteiger partial charge >= 0.3 is 5.97 Å². The number of rotatable bonds is 9. The predicted octanol–water partition coefficient (Wildman–Crippen LogP) is 2.34. The Bertz CT molecular complexity index is 618. The lowest BCUT2D eigenvalue weighted by Gasteiger charge is -2.03. The maximum Gasteiger partial charge on any atom is 0.303 e. The van der Waals surface area contributed by atoms with Gasteiger partial charge in [-0.3, -0.25) is 9.59 Å². The van der Waals surface area contributed by atoms with Crippen LogP contribution in [0.25, 0.3) is 6.08 Å². The van der Waals surface area contributed by atoms with Crippen molar-refractivity contribution in [2.75, 3.05) is 13.7 Å². The molecule has 0 atom stereocenters. The van der Waals surface area contributed by atoms with Crippen LogP contribution in [-0.2, 0) is 9.59 Å². The minimum atomic E-state index is -0.801. The van der Waals surface area contributed by atoms with Crippen LogP contribution >= 0.6 is 0 Å². The van der Waals surface area contributed by atoms with Crippen LogP contribution in [0.4, 0.5) is 0 Å². The molecule has 122 valence electrons. The van der Waals surface area contributed by atoms with Crippen molar-refractivity contribution in [1.82, 2.24) is 5.32 Å². The van der Waals surface area contributed by atoms with E-state index in [2.05, 4.69) is 11.4 Å². The number of carbonyl (C=O) groups excluding carboxylic acids is 1. The van der Waals surface area contributed by atoms with Gasteiger partial charge in [-0.2, -0.15) is 5.26 Å². The van der Waals surface area contributed by atoms with E-state index in [0.29, 0.717) is 29.8 Å². The van der Waals surface area contributed by atoms with E-state index >= 15 is 0 Å². The molecule has 0 fully saturated rings. The summed E-state index contributed by atoms with van der Waals surface area (Å²) in [4.78, 5) is 22.0. The van der Waals surface area contributed by atoms with Gasteiger partial charge in [-0.1, -0.05) is 6.42 Å². The van der Waals surface area contributed by atoms with Gasteiger partial charge in [-0.25, -0.2) is 0 Å². The first-order valence-corrected chi connectivity index (χ1v) is 7.32. The Hall–Kier alpha value is -2.81. The Morgan fingerprint density at radius 1 is 1.35 bits per heavy atom. The van der Waals surface area contributed by atoms with Gasteiger partial charge in [0.25, 0.3) is 0 Å². The summed E-state index contributed by atoms with van der Waals surface area (Å²) in [6.45, 7) is 0.497. The normalized spacial score (nSPS) is 10.3. The number of nitrogens with zero attached hydrogens (tertiary/aromatic N) is 1. The summed E-state index contributed by atoms with van der Waals surface area (Å²) in [7, 11) is 1.52. The summed E-state index contributed by atoms with van der Waals surface area (Å²) >= 11 is 0. The number of carboxylic acid groups (broad SMARTS) is 1. The van der Waals surface area contributed by atoms with E-state index in [4.69, 9.17) is 15.1 Å². The van der Waals surface area contributed by atoms with Crippen molar-refractivity contribution in [3.05, 3.63) is 35.4 Å². The van der Waals surface area contributed by atoms with Crippen LogP contribution in [-0.4, -0.2) is 30.6 Å². The molecule has 0 aliphatic heterocycles. The molecule has 0 spiro atoms. The van der Waals surface area contributed by atoms with E-state index in [1.807, 2.05) is 0 Å². The van der Waals surface area contributed by atoms with Gasteiger partial charge < -0.3 is 15.2 Å². The third-order valence-corrected chi connectivity index (χ3v) is 3.16. The van der Waals surface area contributed by atoms with Crippen molar-refractivity contribution in [2.45, 2.75) is 25.7 Å². The average Bonchev–Trinajstić information content (AvgIpc) is 2.55. The smallest absolute Gasteiger partial charge is 0.303 e. The highest BCUT2D eigenvalue weighted by Gasteiger charge is 2.02. The first-order valence-electron chi connectivity index (χ1n) is 7.32. The number of unbranched alkanes of at least 4 members (excludes halogenated alkanes) is 2. The minimum absolute atomic E-state index is 0.155. The van der Waals surface area contributed by atoms with Crippen molar-refractivity contribution in [3.63, 3.8) is 0 Å². The standard InChI is InChI=1S/C17H20N2O4/c1-23-15-8-6-13(14(11-15)12-18)7-9-16(20)19-10-4-2-3-5-17(21)22/h6-9,11H,2-5,10H2,1H3,(H,19,20)(H,21,22)/b9-7+. The Balaban J connectivity index is 2.41. The first kappa shape index (κ1) is 18.2. The van der Waals surface area contributed by atoms with Gasteiger partial charge in [-0.15, -0.1) is 0 Å². The van der Waals surface area contributed by atoms with Crippen LogP contribution in [0.15, 0.2) is 24.3 Å². The van der Waals surface area contributed by atoms with E-state index in [1.54, 1.807) is 24.3 Å². The molecule has 0 radical (unpaired) electrons. The number of nitrogens with one attached hydrogen (secondary N) is 1. The van der Waals surface area contributed by atoms with Crippen LogP contribution < -0.4 is 10.1 Å². The zero-order chi connectivity index (χ0) is 17.1. The van der Waals surface area contributed by atoms with Crippen LogP contribution in [0.1, 0.15) is 36.8 Å². The Morgan fingerprint density at radius 2 is 2.13 bits per heavy atom. The number of carboxylic acids is 1. The van der Waals surface area contributed by atoms with E-state index in [-0.39, 0.29) is 12.3 Å². The number of methoxy groups -OCH3 is 1. The number of ether oxygens (including phenoxy) is 1. The lowest BCUT2D eigenvalue weighted by Crippen LogP contribution is -2.22. The highest BCUT2D eigenvalue weighted by molar-refractivity contribution is 5.92. The number of benzene rings is 1. The van der Waals surface area contributed by atoms with E-state index in [9.17, 15) is 9.59 Å². The second-order valence-electron chi connectivity index (χ2n) is 4.89. The van der Waals surface area contributed by atoms with E-state index in [0.717, 1.165) is 12.8 Å². The molecule has 0 bridgehead atoms. The topological polar surface area (TPSA) is 99.4 Å². The summed E-state index contributed by atoms with van der Waals surface area (Å²) in [6.07, 6.45) is 5.21. The Labute approximate surface area is 135 Å². The molecule has 0 aromatic heterocycles. The number of hydrogen-bond acceptors (Lipinski definition) is 4. The summed E-state index contributed by atoms with van der Waals surface area (Å²) in [5.41, 5.74) is 1.08. The number of aliphatic carboxylic acids is 1. The van der Waals surface area contributed by atoms with Gasteiger partial charge in [0.05, 0.1) is 18.7 Å². The monoisotopic (exact) mass is 316 g/mol. The van der Waals surface area contributed by atoms with Crippen LogP contribution in [0.2, 0.25) is 0 Å². The van der Waals surface area contributed by atoms with Gasteiger partial charge in [0.2, 0.25) is 5.91 Å². The molecule has 0 unspecified atom stereocenters. The first-order chi connectivity index (χ1) is 11.1. The molecule has 23 heavy (non-hydrogen) atoms. The zero-order valence-corrected chi connectivity index (χ0v) is 13.0. The largest absolute Gasteiger partial charge is 0.497 e. The molecule has 1 rings (SSSR count). The molecule has 0 saturated heterocycles. The molecular formula is C17H20N2O4. The van der Waals surface area contributed by atoms with Crippen LogP contribution in [0.3, 0.4) is 0 Å². The molecule has 6 heteroatoms. The molecule has 1 aromatic rings. The number of hydrogen-bond donors (Lipinski definition) is 2. The van der Waals surface area contributed by atoms with Crippen molar-refractivity contribution >= 4 is 18.0 Å². The van der Waals surface area contributed by atoms with Gasteiger partial charge in [0.1, 0.15) is 5.75 Å². The number of amides is 1. The third-order valence-electron chi connectivity index (χ3n) is 3.16. The molecule has 0 saturated carbocycles. The number of carbonyl (C=O) groups is 2. The van der Waals surface area contributed by atoms with E-state index < -0.39 is 5.97 Å². The fourth-order valence-electron chi connectivity index (χ4n) is 1.92. The van der Waals surface area contributed by atoms with Crippen LogP contribution in [0.5, 0.6) is 5.75 Å². The summed E-state index contributed by atoms with van der Waals surface area (Å²) < 4.78 is 5.05. The highest BCUT2D eigenvalue weighted by atomic mass is 16.5. The number of nitriles is 1. The molecule has 1 amide bonds. The molecule has 2 N–H and O–H groups in total. The molecule has 0 aliphatic carbocycles. The zero-order valence-electron chi connectivity index (χ0n) is 13.0. The fraction of sp³-hybridized carbons (Fsp3) is 0.353. The second kappa shape index (κ2) is 10.0. The molecule has 0 aliphatic rings. The lowest BCUT2D eigenvalue weighted by molar-refractivity contribution is -0.137. The minimum Gasteiger partial charge on any atom is -0.497 e. The summed E-state index contributed by atoms with van der Waals surface area (Å²) in [6, 6.07) is 7.11. The molecule has 6 nitrogen and oxygen atoms in total. The third kappa shape index (κ3) is 7.14. The van der Waals surface area contributed by atoms with Gasteiger partial charge in [0.15, 0.2) is 0 Å². The molecule has 1 aromatic carbocycles. The van der Waals surface area contributed by atoms with Crippen molar-refractivity contribution < 1.29 is 19.4 Å². The quantitative estimate of drug-likeness (QED) is 0.538. The summed E-state index contributed by atoms with van der Waals surface area (Å²) in [5.74, 6) is -0.461. The highest BCUT2D eigenvalue weighted by Crippen LogP contribution is 2.18. The SMILES string of the molecule is COc1ccc(/C=C/C(=O)NCCCCCC(=O)O)c(C#N)c1. The van der Waals surface area contributed by atoms with Gasteiger partial charge in [0, 0.05) is 19.0 Å². The Kier molecular flexibility index (Phi) is 7.94. The second-order valence-corrected chi connectivity index (χ2v) is 4.89. The predicted molar refractivity (Wildman–Crippen MR) is 85.9 cm³/mol. The van der Waals surface area contributed by atoms with Crippen molar-refractivity contribution in [2.24, 2.45) is 0 Å². The van der Waals surface area contributed by atoms with Crippen molar-refractivity contribution in [1.29, 1.82) is 5.26 Å². The van der Waals surface area contributed by atoms with Gasteiger partial charge in [-0.05, 0) is 42.7 Å². The fourth-order valence-corrected chi connectivity index (χ4v) is 1.92. The van der Waals surface area contributed by atoms with Crippen molar-refractivity contribution in [3.8, 4) is 11.8 Å². The van der Waals surface area contributed by atoms with E-state index in [1.165, 1.54) is 13.2 Å². The Morgan fingerprint density at radius 3 is 2.78 bits per heavy atom. The summed E-state index contributed by atoms with van der Waals surface area (Å²) in [5, 5.41) is 20.3. The van der Waals surface area contributed by atoms with Crippen LogP contribution in [0, 0.1) is 11.3 Å². The lowest BCUT2D eigenvalue weighted by atomic mass is 10.1. The maximum absolute atomic E-state index is 11.7. The maximum atomic E-state index is 11.7. The molecular weight excluding hydrogens is 296 g/mol. The molecule has 0 heterocycles. The average molecular weight is 316 g/mol.